The van der Waals surface area contributed by atoms with E-state index in [-0.39, 0.29) is 11.4 Å². The molecule has 2 aromatic carbocycles. The maximum Gasteiger partial charge on any atom is 0.343 e. The molecule has 180 valence electrons. The fourth-order valence-corrected chi connectivity index (χ4v) is 5.18. The van der Waals surface area contributed by atoms with E-state index < -0.39 is 5.97 Å². The minimum atomic E-state index is -0.649. The summed E-state index contributed by atoms with van der Waals surface area (Å²) < 4.78 is 6.95. The molecule has 7 heteroatoms. The Morgan fingerprint density at radius 1 is 0.943 bits per heavy atom. The second-order valence-electron chi connectivity index (χ2n) is 8.75. The molecule has 0 amide bonds. The SMILES string of the molecule is COC(=O)C1=C(C)N(c2cc(C)cc(C)c2)/C(=C\c2cc(C)n(-c3ccc(Cl)cc3Cl)c2C)C1=O. The molecule has 2 heterocycles. The lowest BCUT2D eigenvalue weighted by Crippen LogP contribution is -2.18. The van der Waals surface area contributed by atoms with Crippen LogP contribution in [0.15, 0.2) is 59.4 Å². The van der Waals surface area contributed by atoms with Gasteiger partial charge in [-0.3, -0.25) is 4.79 Å². The number of hydrogen-bond donors (Lipinski definition) is 0. The predicted molar refractivity (Wildman–Crippen MR) is 141 cm³/mol. The van der Waals surface area contributed by atoms with Gasteiger partial charge in [0.15, 0.2) is 0 Å². The Morgan fingerprint density at radius 3 is 2.20 bits per heavy atom. The van der Waals surface area contributed by atoms with Crippen molar-refractivity contribution in [3.8, 4) is 5.69 Å². The molecule has 1 aliphatic heterocycles. The molecule has 0 radical (unpaired) electrons. The zero-order chi connectivity index (χ0) is 25.6. The average molecular weight is 509 g/mol. The molecule has 1 aromatic heterocycles. The van der Waals surface area contributed by atoms with Crippen molar-refractivity contribution in [2.45, 2.75) is 34.6 Å². The Labute approximate surface area is 215 Å². The van der Waals surface area contributed by atoms with Gasteiger partial charge in [-0.15, -0.1) is 0 Å². The quantitative estimate of drug-likeness (QED) is 0.218. The van der Waals surface area contributed by atoms with Crippen LogP contribution in [-0.4, -0.2) is 23.4 Å². The summed E-state index contributed by atoms with van der Waals surface area (Å²) >= 11 is 12.6. The van der Waals surface area contributed by atoms with Crippen LogP contribution in [0.5, 0.6) is 0 Å². The van der Waals surface area contributed by atoms with E-state index in [1.165, 1.54) is 7.11 Å². The number of carbonyl (C=O) groups is 2. The van der Waals surface area contributed by atoms with Crippen molar-refractivity contribution in [3.63, 3.8) is 0 Å². The van der Waals surface area contributed by atoms with Crippen molar-refractivity contribution < 1.29 is 14.3 Å². The molecule has 4 rings (SSSR count). The van der Waals surface area contributed by atoms with Gasteiger partial charge in [0.25, 0.3) is 0 Å². The summed E-state index contributed by atoms with van der Waals surface area (Å²) in [5.74, 6) is -1.02. The molecular formula is C28H26Cl2N2O3. The monoisotopic (exact) mass is 508 g/mol. The molecule has 5 nitrogen and oxygen atoms in total. The third-order valence-electron chi connectivity index (χ3n) is 6.17. The number of esters is 1. The topological polar surface area (TPSA) is 51.5 Å². The molecule has 35 heavy (non-hydrogen) atoms. The number of methoxy groups -OCH3 is 1. The molecule has 0 unspecified atom stereocenters. The molecule has 3 aromatic rings. The summed E-state index contributed by atoms with van der Waals surface area (Å²) in [6.45, 7) is 9.70. The molecule has 1 aliphatic rings. The van der Waals surface area contributed by atoms with Gasteiger partial charge in [0, 0.05) is 27.8 Å². The summed E-state index contributed by atoms with van der Waals surface area (Å²) in [6, 6.07) is 13.4. The van der Waals surface area contributed by atoms with E-state index in [0.29, 0.717) is 21.4 Å². The van der Waals surface area contributed by atoms with Gasteiger partial charge >= 0.3 is 5.97 Å². The third-order valence-corrected chi connectivity index (χ3v) is 6.70. The Bertz CT molecular complexity index is 1430. The normalized spacial score (nSPS) is 14.9. The van der Waals surface area contributed by atoms with Crippen LogP contribution in [0.1, 0.15) is 35.0 Å². The molecular weight excluding hydrogens is 483 g/mol. The van der Waals surface area contributed by atoms with Crippen molar-refractivity contribution in [3.05, 3.63) is 97.6 Å². The minimum absolute atomic E-state index is 0.0347. The first-order valence-corrected chi connectivity index (χ1v) is 11.9. The number of allylic oxidation sites excluding steroid dienone is 2. The van der Waals surface area contributed by atoms with Crippen LogP contribution < -0.4 is 4.90 Å². The first kappa shape index (κ1) is 24.8. The van der Waals surface area contributed by atoms with E-state index in [1.807, 2.05) is 67.5 Å². The predicted octanol–water partition coefficient (Wildman–Crippen LogP) is 6.89. The molecule has 0 N–H and O–H groups in total. The number of anilines is 1. The Balaban J connectivity index is 1.91. The van der Waals surface area contributed by atoms with E-state index >= 15 is 0 Å². The molecule has 0 saturated heterocycles. The van der Waals surface area contributed by atoms with Crippen molar-refractivity contribution in [2.75, 3.05) is 12.0 Å². The van der Waals surface area contributed by atoms with Crippen LogP contribution in [-0.2, 0) is 14.3 Å². The van der Waals surface area contributed by atoms with E-state index in [4.69, 9.17) is 27.9 Å². The van der Waals surface area contributed by atoms with Crippen LogP contribution in [0.2, 0.25) is 10.0 Å². The highest BCUT2D eigenvalue weighted by Crippen LogP contribution is 2.37. The van der Waals surface area contributed by atoms with E-state index in [0.717, 1.165) is 39.5 Å². The van der Waals surface area contributed by atoms with Crippen LogP contribution >= 0.6 is 23.2 Å². The minimum Gasteiger partial charge on any atom is -0.465 e. The van der Waals surface area contributed by atoms with Crippen molar-refractivity contribution in [1.82, 2.24) is 4.57 Å². The summed E-state index contributed by atoms with van der Waals surface area (Å²) in [7, 11) is 1.28. The fourth-order valence-electron chi connectivity index (χ4n) is 4.69. The first-order valence-electron chi connectivity index (χ1n) is 11.1. The van der Waals surface area contributed by atoms with Crippen molar-refractivity contribution in [1.29, 1.82) is 0 Å². The van der Waals surface area contributed by atoms with Gasteiger partial charge in [0.2, 0.25) is 5.78 Å². The zero-order valence-electron chi connectivity index (χ0n) is 20.5. The van der Waals surface area contributed by atoms with Crippen LogP contribution in [0.25, 0.3) is 11.8 Å². The number of nitrogens with zero attached hydrogens (tertiary/aromatic N) is 2. The summed E-state index contributed by atoms with van der Waals surface area (Å²) in [4.78, 5) is 27.9. The van der Waals surface area contributed by atoms with Gasteiger partial charge in [-0.2, -0.15) is 0 Å². The van der Waals surface area contributed by atoms with E-state index in [9.17, 15) is 9.59 Å². The second-order valence-corrected chi connectivity index (χ2v) is 9.59. The largest absolute Gasteiger partial charge is 0.465 e. The molecule has 0 saturated carbocycles. The van der Waals surface area contributed by atoms with E-state index in [2.05, 4.69) is 6.07 Å². The standard InChI is InChI=1S/C28H26Cl2N2O3/c1-15-9-16(2)11-22(10-15)32-19(5)26(28(34)35-6)27(33)25(32)13-20-12-17(3)31(18(20)4)24-8-7-21(29)14-23(24)30/h7-14H,1-6H3/b25-13-. The summed E-state index contributed by atoms with van der Waals surface area (Å²) in [6.07, 6.45) is 1.82. The zero-order valence-corrected chi connectivity index (χ0v) is 22.0. The second kappa shape index (κ2) is 9.40. The van der Waals surface area contributed by atoms with Crippen LogP contribution in [0.4, 0.5) is 5.69 Å². The number of Topliss-reactive ketones (excluding diaryl/α,β-unsaturated/α-hetero) is 1. The highest BCUT2D eigenvalue weighted by molar-refractivity contribution is 6.35. The summed E-state index contributed by atoms with van der Waals surface area (Å²) in [5.41, 5.74) is 7.36. The first-order chi connectivity index (χ1) is 16.5. The van der Waals surface area contributed by atoms with E-state index in [1.54, 1.807) is 19.1 Å². The Hall–Kier alpha value is -3.28. The number of ether oxygens (including phenoxy) is 1. The van der Waals surface area contributed by atoms with Crippen LogP contribution in [0, 0.1) is 27.7 Å². The van der Waals surface area contributed by atoms with Crippen LogP contribution in [0.3, 0.4) is 0 Å². The lowest BCUT2D eigenvalue weighted by atomic mass is 10.1. The van der Waals surface area contributed by atoms with Gasteiger partial charge in [-0.05, 0) is 93.8 Å². The highest BCUT2D eigenvalue weighted by atomic mass is 35.5. The highest BCUT2D eigenvalue weighted by Gasteiger charge is 2.38. The number of benzene rings is 2. The number of carbonyl (C=O) groups excluding carboxylic acids is 2. The molecule has 0 atom stereocenters. The number of hydrogen-bond acceptors (Lipinski definition) is 4. The molecule has 0 bridgehead atoms. The molecule has 0 fully saturated rings. The van der Waals surface area contributed by atoms with Gasteiger partial charge in [-0.25, -0.2) is 4.79 Å². The number of aromatic nitrogens is 1. The van der Waals surface area contributed by atoms with Crippen molar-refractivity contribution in [2.24, 2.45) is 0 Å². The molecule has 0 spiro atoms. The fraction of sp³-hybridized carbons (Fsp3) is 0.214. The summed E-state index contributed by atoms with van der Waals surface area (Å²) in [5, 5.41) is 1.08. The lowest BCUT2D eigenvalue weighted by Gasteiger charge is -2.22. The van der Waals surface area contributed by atoms with Crippen molar-refractivity contribution >= 4 is 46.7 Å². The number of aryl methyl sites for hydroxylation is 3. The third kappa shape index (κ3) is 4.42. The lowest BCUT2D eigenvalue weighted by molar-refractivity contribution is -0.137. The Morgan fingerprint density at radius 2 is 1.60 bits per heavy atom. The molecule has 0 aliphatic carbocycles. The maximum absolute atomic E-state index is 13.5. The number of ketones is 1. The number of rotatable bonds is 4. The Kier molecular flexibility index (Phi) is 6.67. The van der Waals surface area contributed by atoms with Gasteiger partial charge in [0.05, 0.1) is 23.5 Å². The van der Waals surface area contributed by atoms with Gasteiger partial charge in [0.1, 0.15) is 5.57 Å². The number of halogens is 2. The van der Waals surface area contributed by atoms with Gasteiger partial charge in [-0.1, -0.05) is 29.3 Å². The maximum atomic E-state index is 13.5. The smallest absolute Gasteiger partial charge is 0.343 e. The van der Waals surface area contributed by atoms with Gasteiger partial charge < -0.3 is 14.2 Å². The average Bonchev–Trinajstić information content (AvgIpc) is 3.19.